The highest BCUT2D eigenvalue weighted by Gasteiger charge is 2.43. The third-order valence-electron chi connectivity index (χ3n) is 6.66. The second-order valence-corrected chi connectivity index (χ2v) is 9.41. The van der Waals surface area contributed by atoms with Crippen molar-refractivity contribution >= 4 is 26.8 Å². The number of benzene rings is 1. The molecule has 1 aliphatic heterocycles. The first-order valence-electron chi connectivity index (χ1n) is 11.3. The van der Waals surface area contributed by atoms with E-state index in [1.165, 1.54) is 25.3 Å². The molecule has 172 valence electrons. The van der Waals surface area contributed by atoms with E-state index in [4.69, 9.17) is 9.47 Å². The molecule has 3 unspecified atom stereocenters. The molecule has 2 heterocycles. The number of hydrogen-bond acceptors (Lipinski definition) is 6. The lowest BCUT2D eigenvalue weighted by Gasteiger charge is -2.32. The summed E-state index contributed by atoms with van der Waals surface area (Å²) in [7, 11) is 4.16. The molecule has 4 rings (SSSR count). The Hall–Kier alpha value is -2.11. The molecular formula is C24H31FN3O3P. The average Bonchev–Trinajstić information content (AvgIpc) is 3.57. The summed E-state index contributed by atoms with van der Waals surface area (Å²) < 4.78 is 25.1. The lowest BCUT2D eigenvalue weighted by atomic mass is 9.90. The van der Waals surface area contributed by atoms with E-state index in [1.54, 1.807) is 13.2 Å². The molecule has 1 aliphatic carbocycles. The van der Waals surface area contributed by atoms with Gasteiger partial charge in [-0.25, -0.2) is 14.4 Å². The van der Waals surface area contributed by atoms with E-state index >= 15 is 0 Å². The normalized spacial score (nSPS) is 20.9. The van der Waals surface area contributed by atoms with Crippen LogP contribution in [0.2, 0.25) is 0 Å². The molecule has 2 aromatic rings. The van der Waals surface area contributed by atoms with E-state index in [9.17, 15) is 9.18 Å². The SMILES string of the molecule is COCc1cnc(N2CCC(C3CC3CCOc3cc(F)c(CC=O)c(P)c3)CC2)nc1. The molecule has 0 N–H and O–H groups in total. The minimum atomic E-state index is -0.382. The van der Waals surface area contributed by atoms with Crippen molar-refractivity contribution in [3.8, 4) is 5.75 Å². The van der Waals surface area contributed by atoms with Crippen LogP contribution in [0.25, 0.3) is 0 Å². The standard InChI is InChI=1S/C24H31FN3O3P/c1-30-15-16-13-26-24(27-14-16)28-6-2-17(3-7-28)21-10-18(21)5-9-31-19-11-22(25)20(4-8-29)23(32)12-19/h8,11-14,17-18,21H,2-7,9-10,15,32H2,1H3. The van der Waals surface area contributed by atoms with E-state index in [0.717, 1.165) is 49.1 Å². The summed E-state index contributed by atoms with van der Waals surface area (Å²) in [4.78, 5) is 21.9. The Labute approximate surface area is 191 Å². The summed E-state index contributed by atoms with van der Waals surface area (Å²) in [5.41, 5.74) is 1.41. The van der Waals surface area contributed by atoms with Crippen molar-refractivity contribution in [1.29, 1.82) is 0 Å². The Bertz CT molecular complexity index is 896. The van der Waals surface area contributed by atoms with Gasteiger partial charge in [0.15, 0.2) is 0 Å². The highest BCUT2D eigenvalue weighted by molar-refractivity contribution is 7.27. The van der Waals surface area contributed by atoms with Crippen molar-refractivity contribution in [3.63, 3.8) is 0 Å². The number of methoxy groups -OCH3 is 1. The Morgan fingerprint density at radius 2 is 2.00 bits per heavy atom. The van der Waals surface area contributed by atoms with E-state index in [2.05, 4.69) is 24.1 Å². The molecular weight excluding hydrogens is 428 g/mol. The quantitative estimate of drug-likeness (QED) is 0.401. The summed E-state index contributed by atoms with van der Waals surface area (Å²) in [6.45, 7) is 3.13. The molecule has 1 aromatic carbocycles. The van der Waals surface area contributed by atoms with Crippen LogP contribution >= 0.6 is 9.24 Å². The molecule has 0 amide bonds. The first-order valence-corrected chi connectivity index (χ1v) is 11.9. The predicted molar refractivity (Wildman–Crippen MR) is 125 cm³/mol. The fourth-order valence-corrected chi connectivity index (χ4v) is 5.22. The second-order valence-electron chi connectivity index (χ2n) is 8.79. The van der Waals surface area contributed by atoms with Crippen molar-refractivity contribution in [1.82, 2.24) is 9.97 Å². The average molecular weight is 460 g/mol. The van der Waals surface area contributed by atoms with Crippen LogP contribution in [0.15, 0.2) is 24.5 Å². The number of halogens is 1. The number of carbonyl (C=O) groups is 1. The van der Waals surface area contributed by atoms with Gasteiger partial charge in [0.1, 0.15) is 17.9 Å². The van der Waals surface area contributed by atoms with Gasteiger partial charge >= 0.3 is 0 Å². The fraction of sp³-hybridized carbons (Fsp3) is 0.542. The zero-order valence-corrected chi connectivity index (χ0v) is 19.7. The van der Waals surface area contributed by atoms with Crippen LogP contribution in [-0.2, 0) is 22.6 Å². The topological polar surface area (TPSA) is 64.6 Å². The van der Waals surface area contributed by atoms with Gasteiger partial charge in [0, 0.05) is 56.2 Å². The lowest BCUT2D eigenvalue weighted by Crippen LogP contribution is -2.35. The Morgan fingerprint density at radius 1 is 1.25 bits per heavy atom. The number of aromatic nitrogens is 2. The van der Waals surface area contributed by atoms with Crippen LogP contribution in [0.5, 0.6) is 5.75 Å². The van der Waals surface area contributed by atoms with Gasteiger partial charge in [0.25, 0.3) is 0 Å². The van der Waals surface area contributed by atoms with Gasteiger partial charge in [0.05, 0.1) is 13.2 Å². The number of ether oxygens (including phenoxy) is 2. The van der Waals surface area contributed by atoms with Crippen LogP contribution in [0.3, 0.4) is 0 Å². The number of carbonyl (C=O) groups excluding carboxylic acids is 1. The Kier molecular flexibility index (Phi) is 7.69. The minimum Gasteiger partial charge on any atom is -0.493 e. The minimum absolute atomic E-state index is 0.0821. The van der Waals surface area contributed by atoms with Crippen molar-refractivity contribution in [2.75, 3.05) is 31.7 Å². The maximum absolute atomic E-state index is 14.1. The molecule has 3 atom stereocenters. The van der Waals surface area contributed by atoms with Gasteiger partial charge in [0.2, 0.25) is 5.95 Å². The predicted octanol–water partition coefficient (Wildman–Crippen LogP) is 3.33. The maximum atomic E-state index is 14.1. The van der Waals surface area contributed by atoms with Crippen molar-refractivity contribution in [3.05, 3.63) is 41.5 Å². The molecule has 0 bridgehead atoms. The van der Waals surface area contributed by atoms with Gasteiger partial charge in [-0.2, -0.15) is 0 Å². The van der Waals surface area contributed by atoms with Gasteiger partial charge in [-0.3, -0.25) is 0 Å². The monoisotopic (exact) mass is 459 g/mol. The summed E-state index contributed by atoms with van der Waals surface area (Å²) in [5, 5.41) is 0.681. The zero-order chi connectivity index (χ0) is 22.5. The number of piperidine rings is 1. The largest absolute Gasteiger partial charge is 0.493 e. The number of hydrogen-bond donors (Lipinski definition) is 0. The Morgan fingerprint density at radius 3 is 2.66 bits per heavy atom. The summed E-state index contributed by atoms with van der Waals surface area (Å²) >= 11 is 0. The van der Waals surface area contributed by atoms with Gasteiger partial charge in [-0.05, 0) is 54.8 Å². The van der Waals surface area contributed by atoms with E-state index < -0.39 is 0 Å². The van der Waals surface area contributed by atoms with E-state index in [-0.39, 0.29) is 12.2 Å². The molecule has 8 heteroatoms. The van der Waals surface area contributed by atoms with Crippen molar-refractivity contribution in [2.45, 2.75) is 38.7 Å². The molecule has 0 radical (unpaired) electrons. The molecule has 1 saturated carbocycles. The zero-order valence-electron chi connectivity index (χ0n) is 18.5. The number of aldehydes is 1. The van der Waals surface area contributed by atoms with Gasteiger partial charge in [-0.15, -0.1) is 9.24 Å². The summed E-state index contributed by atoms with van der Waals surface area (Å²) in [6.07, 6.45) is 9.09. The van der Waals surface area contributed by atoms with Crippen LogP contribution in [0, 0.1) is 23.6 Å². The van der Waals surface area contributed by atoms with E-state index in [0.29, 0.717) is 35.7 Å². The second kappa shape index (κ2) is 10.7. The lowest BCUT2D eigenvalue weighted by molar-refractivity contribution is -0.107. The molecule has 1 saturated heterocycles. The fourth-order valence-electron chi connectivity index (χ4n) is 4.80. The molecule has 1 aromatic heterocycles. The van der Waals surface area contributed by atoms with E-state index in [1.807, 2.05) is 12.4 Å². The molecule has 2 fully saturated rings. The van der Waals surface area contributed by atoms with Crippen LogP contribution in [-0.4, -0.2) is 43.1 Å². The smallest absolute Gasteiger partial charge is 0.225 e. The number of rotatable bonds is 10. The van der Waals surface area contributed by atoms with Crippen LogP contribution < -0.4 is 14.9 Å². The molecule has 32 heavy (non-hydrogen) atoms. The molecule has 2 aliphatic rings. The highest BCUT2D eigenvalue weighted by Crippen LogP contribution is 2.49. The highest BCUT2D eigenvalue weighted by atomic mass is 31.0. The third kappa shape index (κ3) is 5.62. The number of nitrogens with zero attached hydrogens (tertiary/aromatic N) is 3. The number of anilines is 1. The molecule has 6 nitrogen and oxygen atoms in total. The van der Waals surface area contributed by atoms with Crippen molar-refractivity contribution < 1.29 is 18.7 Å². The maximum Gasteiger partial charge on any atom is 0.225 e. The van der Waals surface area contributed by atoms with Crippen molar-refractivity contribution in [2.24, 2.45) is 17.8 Å². The van der Waals surface area contributed by atoms with Gasteiger partial charge < -0.3 is 19.2 Å². The first kappa shape index (κ1) is 23.1. The van der Waals surface area contributed by atoms with Crippen LogP contribution in [0.4, 0.5) is 10.3 Å². The van der Waals surface area contributed by atoms with Gasteiger partial charge in [-0.1, -0.05) is 0 Å². The summed E-state index contributed by atoms with van der Waals surface area (Å²) in [6, 6.07) is 3.17. The first-order chi connectivity index (χ1) is 15.6. The Balaban J connectivity index is 1.19. The third-order valence-corrected chi connectivity index (χ3v) is 7.17. The summed E-state index contributed by atoms with van der Waals surface area (Å²) in [5.74, 6) is 3.18. The van der Waals surface area contributed by atoms with Crippen LogP contribution in [0.1, 0.15) is 36.8 Å². The molecule has 0 spiro atoms.